The number of carbonyl (C=O) groups is 2. The molecule has 1 fully saturated rings. The van der Waals surface area contributed by atoms with Crippen molar-refractivity contribution in [2.24, 2.45) is 0 Å². The van der Waals surface area contributed by atoms with Crippen LogP contribution in [0, 0.1) is 6.92 Å². The first-order valence-corrected chi connectivity index (χ1v) is 10.2. The van der Waals surface area contributed by atoms with E-state index in [4.69, 9.17) is 4.74 Å². The van der Waals surface area contributed by atoms with E-state index in [1.165, 1.54) is 9.20 Å². The van der Waals surface area contributed by atoms with Crippen LogP contribution in [0.15, 0.2) is 41.2 Å². The number of aromatic nitrogens is 4. The number of nitrogens with zero attached hydrogens (tertiary/aromatic N) is 6. The first kappa shape index (κ1) is 20.6. The van der Waals surface area contributed by atoms with Crippen molar-refractivity contribution in [3.05, 3.63) is 52.6 Å². The largest absolute Gasteiger partial charge is 0.450 e. The van der Waals surface area contributed by atoms with Gasteiger partial charge in [0.1, 0.15) is 17.9 Å². The van der Waals surface area contributed by atoms with Gasteiger partial charge in [0, 0.05) is 31.7 Å². The second-order valence-electron chi connectivity index (χ2n) is 7.27. The maximum atomic E-state index is 13.0. The minimum absolute atomic E-state index is 0.165. The molecule has 0 N–H and O–H groups in total. The summed E-state index contributed by atoms with van der Waals surface area (Å²) in [7, 11) is 0. The smallest absolute Gasteiger partial charge is 0.409 e. The fraction of sp³-hybridized carbons (Fsp3) is 0.381. The molecule has 0 unspecified atom stereocenters. The Hall–Kier alpha value is -3.69. The number of piperazine rings is 1. The number of carbonyl (C=O) groups excluding carboxylic acids is 2. The summed E-state index contributed by atoms with van der Waals surface area (Å²) in [5.74, 6) is 0.293. The first-order chi connectivity index (χ1) is 15.0. The molecule has 0 radical (unpaired) electrons. The third kappa shape index (κ3) is 4.14. The van der Waals surface area contributed by atoms with Crippen LogP contribution in [0.3, 0.4) is 0 Å². The molecule has 3 heterocycles. The Bertz CT molecular complexity index is 1160. The van der Waals surface area contributed by atoms with Gasteiger partial charge in [0.15, 0.2) is 0 Å². The molecule has 3 aromatic rings. The van der Waals surface area contributed by atoms with Crippen LogP contribution >= 0.6 is 0 Å². The molecule has 1 saturated heterocycles. The summed E-state index contributed by atoms with van der Waals surface area (Å²) in [6.07, 6.45) is -0.372. The van der Waals surface area contributed by atoms with Gasteiger partial charge in [0.2, 0.25) is 5.91 Å². The molecule has 2 aromatic heterocycles. The number of fused-ring (bicyclic) bond motifs is 1. The number of aryl methyl sites for hydroxylation is 1. The van der Waals surface area contributed by atoms with Crippen LogP contribution in [0.5, 0.6) is 0 Å². The average molecular weight is 424 g/mol. The summed E-state index contributed by atoms with van der Waals surface area (Å²) in [4.78, 5) is 40.7. The van der Waals surface area contributed by atoms with Gasteiger partial charge in [-0.05, 0) is 19.9 Å². The topological polar surface area (TPSA) is 102 Å². The summed E-state index contributed by atoms with van der Waals surface area (Å²) >= 11 is 0. The predicted molar refractivity (Wildman–Crippen MR) is 113 cm³/mol. The van der Waals surface area contributed by atoms with Crippen LogP contribution in [-0.2, 0) is 16.1 Å². The quantitative estimate of drug-likeness (QED) is 0.623. The number of amides is 2. The highest BCUT2D eigenvalue weighted by Gasteiger charge is 2.25. The third-order valence-electron chi connectivity index (χ3n) is 5.25. The van der Waals surface area contributed by atoms with Crippen LogP contribution in [0.1, 0.15) is 12.7 Å². The molecule has 0 aliphatic carbocycles. The number of ether oxygens (including phenoxy) is 1. The molecule has 162 valence electrons. The molecular weight excluding hydrogens is 400 g/mol. The third-order valence-corrected chi connectivity index (χ3v) is 5.25. The number of benzene rings is 1. The maximum Gasteiger partial charge on any atom is 0.409 e. The Labute approximate surface area is 178 Å². The standard InChI is InChI=1S/C21H24N6O4/c1-3-31-21(30)25-11-9-24(10-12-25)19(28)14-26-20(29)18-13-17(16-7-5-4-6-8-16)23-27(18)15(2)22-26/h4-8,13H,3,9-12,14H2,1-2H3. The van der Waals surface area contributed by atoms with Crippen LogP contribution in [0.25, 0.3) is 16.8 Å². The molecule has 31 heavy (non-hydrogen) atoms. The van der Waals surface area contributed by atoms with Gasteiger partial charge < -0.3 is 14.5 Å². The molecule has 10 heteroatoms. The summed E-state index contributed by atoms with van der Waals surface area (Å²) in [6, 6.07) is 11.3. The van der Waals surface area contributed by atoms with Gasteiger partial charge >= 0.3 is 6.09 Å². The number of hydrogen-bond acceptors (Lipinski definition) is 6. The normalized spacial score (nSPS) is 14.1. The maximum absolute atomic E-state index is 13.0. The van der Waals surface area contributed by atoms with E-state index in [-0.39, 0.29) is 24.1 Å². The zero-order chi connectivity index (χ0) is 22.0. The molecule has 1 aliphatic heterocycles. The van der Waals surface area contributed by atoms with E-state index in [0.29, 0.717) is 49.8 Å². The Morgan fingerprint density at radius 3 is 2.39 bits per heavy atom. The van der Waals surface area contributed by atoms with E-state index < -0.39 is 0 Å². The van der Waals surface area contributed by atoms with E-state index >= 15 is 0 Å². The monoisotopic (exact) mass is 424 g/mol. The van der Waals surface area contributed by atoms with Gasteiger partial charge in [0.25, 0.3) is 5.56 Å². The van der Waals surface area contributed by atoms with Gasteiger partial charge in [0.05, 0.1) is 12.3 Å². The van der Waals surface area contributed by atoms with Crippen molar-refractivity contribution in [2.45, 2.75) is 20.4 Å². The minimum Gasteiger partial charge on any atom is -0.450 e. The molecule has 1 aliphatic rings. The molecule has 0 spiro atoms. The van der Waals surface area contributed by atoms with Gasteiger partial charge in [-0.15, -0.1) is 0 Å². The summed E-state index contributed by atoms with van der Waals surface area (Å²) in [6.45, 7) is 5.22. The Morgan fingerprint density at radius 1 is 1.03 bits per heavy atom. The van der Waals surface area contributed by atoms with E-state index in [9.17, 15) is 14.4 Å². The lowest BCUT2D eigenvalue weighted by molar-refractivity contribution is -0.133. The molecular formula is C21H24N6O4. The van der Waals surface area contributed by atoms with Crippen LogP contribution < -0.4 is 5.56 Å². The highest BCUT2D eigenvalue weighted by molar-refractivity contribution is 5.76. The van der Waals surface area contributed by atoms with E-state index in [1.807, 2.05) is 30.3 Å². The van der Waals surface area contributed by atoms with Crippen molar-refractivity contribution in [3.63, 3.8) is 0 Å². The first-order valence-electron chi connectivity index (χ1n) is 10.2. The van der Waals surface area contributed by atoms with Crippen LogP contribution in [-0.4, -0.2) is 74.0 Å². The van der Waals surface area contributed by atoms with E-state index in [0.717, 1.165) is 5.56 Å². The molecule has 1 aromatic carbocycles. The molecule has 2 amide bonds. The van der Waals surface area contributed by atoms with Crippen molar-refractivity contribution in [2.75, 3.05) is 32.8 Å². The van der Waals surface area contributed by atoms with Gasteiger partial charge in [-0.3, -0.25) is 9.59 Å². The Morgan fingerprint density at radius 2 is 1.71 bits per heavy atom. The molecule has 10 nitrogen and oxygen atoms in total. The van der Waals surface area contributed by atoms with Crippen molar-refractivity contribution in [1.29, 1.82) is 0 Å². The fourth-order valence-corrected chi connectivity index (χ4v) is 3.61. The Kier molecular flexibility index (Phi) is 5.70. The molecule has 0 bridgehead atoms. The van der Waals surface area contributed by atoms with Crippen molar-refractivity contribution < 1.29 is 14.3 Å². The lowest BCUT2D eigenvalue weighted by Crippen LogP contribution is -2.52. The highest BCUT2D eigenvalue weighted by atomic mass is 16.6. The van der Waals surface area contributed by atoms with Gasteiger partial charge in [-0.1, -0.05) is 30.3 Å². The van der Waals surface area contributed by atoms with Gasteiger partial charge in [-0.25, -0.2) is 14.0 Å². The average Bonchev–Trinajstić information content (AvgIpc) is 3.25. The molecule has 0 saturated carbocycles. The number of rotatable bonds is 4. The minimum atomic E-state index is -0.376. The van der Waals surface area contributed by atoms with E-state index in [1.54, 1.807) is 29.7 Å². The zero-order valence-electron chi connectivity index (χ0n) is 17.5. The van der Waals surface area contributed by atoms with Crippen molar-refractivity contribution in [3.8, 4) is 11.3 Å². The fourth-order valence-electron chi connectivity index (χ4n) is 3.61. The zero-order valence-corrected chi connectivity index (χ0v) is 17.5. The van der Waals surface area contributed by atoms with Crippen molar-refractivity contribution >= 4 is 17.5 Å². The molecule has 4 rings (SSSR count). The summed E-state index contributed by atoms with van der Waals surface area (Å²) in [5, 5.41) is 8.77. The second-order valence-corrected chi connectivity index (χ2v) is 7.27. The predicted octanol–water partition coefficient (Wildman–Crippen LogP) is 1.17. The number of hydrogen-bond donors (Lipinski definition) is 0. The SMILES string of the molecule is CCOC(=O)N1CCN(C(=O)Cn2nc(C)n3nc(-c4ccccc4)cc3c2=O)CC1. The Balaban J connectivity index is 1.51. The van der Waals surface area contributed by atoms with Crippen LogP contribution in [0.2, 0.25) is 0 Å². The molecule has 0 atom stereocenters. The van der Waals surface area contributed by atoms with Crippen LogP contribution in [0.4, 0.5) is 4.79 Å². The van der Waals surface area contributed by atoms with E-state index in [2.05, 4.69) is 10.2 Å². The summed E-state index contributed by atoms with van der Waals surface area (Å²) in [5.41, 5.74) is 1.55. The van der Waals surface area contributed by atoms with Crippen molar-refractivity contribution in [1.82, 2.24) is 29.2 Å². The highest BCUT2D eigenvalue weighted by Crippen LogP contribution is 2.18. The lowest BCUT2D eigenvalue weighted by atomic mass is 10.1. The lowest BCUT2D eigenvalue weighted by Gasteiger charge is -2.34. The second kappa shape index (κ2) is 8.58. The summed E-state index contributed by atoms with van der Waals surface area (Å²) < 4.78 is 7.68. The van der Waals surface area contributed by atoms with Gasteiger partial charge in [-0.2, -0.15) is 10.2 Å².